The van der Waals surface area contributed by atoms with E-state index in [2.05, 4.69) is 36.6 Å². The molecule has 1 saturated carbocycles. The molecular formula is C11H9Br2F3O2. The normalized spacial score (nSPS) is 23.4. The zero-order valence-corrected chi connectivity index (χ0v) is 12.2. The average molecular weight is 390 g/mol. The van der Waals surface area contributed by atoms with Gasteiger partial charge in [0.2, 0.25) is 0 Å². The van der Waals surface area contributed by atoms with Crippen molar-refractivity contribution < 1.29 is 22.6 Å². The highest BCUT2D eigenvalue weighted by atomic mass is 79.9. The standard InChI is InChI=1S/C11H9Br2F3O2/c12-6-3-8(4-6)17-7-1-2-10(9(13)5-7)18-11(14,15)16/h1-2,5-6,8H,3-4H2. The van der Waals surface area contributed by atoms with Gasteiger partial charge >= 0.3 is 6.36 Å². The van der Waals surface area contributed by atoms with E-state index in [4.69, 9.17) is 4.74 Å². The maximum absolute atomic E-state index is 12.1. The van der Waals surface area contributed by atoms with Crippen molar-refractivity contribution in [2.75, 3.05) is 0 Å². The third-order valence-corrected chi connectivity index (χ3v) is 3.84. The van der Waals surface area contributed by atoms with E-state index in [1.807, 2.05) is 0 Å². The van der Waals surface area contributed by atoms with Crippen molar-refractivity contribution in [1.82, 2.24) is 0 Å². The Bertz CT molecular complexity index is 431. The summed E-state index contributed by atoms with van der Waals surface area (Å²) in [6.07, 6.45) is -2.77. The highest BCUT2D eigenvalue weighted by Gasteiger charge is 2.32. The maximum atomic E-state index is 12.1. The van der Waals surface area contributed by atoms with Crippen molar-refractivity contribution in [2.24, 2.45) is 0 Å². The van der Waals surface area contributed by atoms with Crippen molar-refractivity contribution in [2.45, 2.75) is 30.1 Å². The largest absolute Gasteiger partial charge is 0.573 e. The molecule has 0 heterocycles. The van der Waals surface area contributed by atoms with Crippen LogP contribution in [0.3, 0.4) is 0 Å². The van der Waals surface area contributed by atoms with Crippen LogP contribution in [0.5, 0.6) is 11.5 Å². The molecule has 0 atom stereocenters. The molecule has 100 valence electrons. The predicted molar refractivity (Wildman–Crippen MR) is 67.2 cm³/mol. The van der Waals surface area contributed by atoms with Crippen molar-refractivity contribution in [3.8, 4) is 11.5 Å². The van der Waals surface area contributed by atoms with Crippen LogP contribution >= 0.6 is 31.9 Å². The molecule has 0 unspecified atom stereocenters. The molecule has 1 aromatic carbocycles. The lowest BCUT2D eigenvalue weighted by Gasteiger charge is -2.31. The van der Waals surface area contributed by atoms with Crippen LogP contribution in [0.1, 0.15) is 12.8 Å². The fraction of sp³-hybridized carbons (Fsp3) is 0.455. The Morgan fingerprint density at radius 2 is 1.89 bits per heavy atom. The Kier molecular flexibility index (Phi) is 4.11. The second kappa shape index (κ2) is 5.28. The minimum absolute atomic E-state index is 0.121. The van der Waals surface area contributed by atoms with E-state index in [1.54, 1.807) is 0 Å². The summed E-state index contributed by atoms with van der Waals surface area (Å²) in [6, 6.07) is 4.17. The first kappa shape index (κ1) is 14.0. The Labute approximate surface area is 119 Å². The minimum atomic E-state index is -4.69. The predicted octanol–water partition coefficient (Wildman–Crippen LogP) is 4.65. The Hall–Kier alpha value is -0.430. The van der Waals surface area contributed by atoms with Gasteiger partial charge in [-0.1, -0.05) is 15.9 Å². The van der Waals surface area contributed by atoms with Gasteiger partial charge in [-0.15, -0.1) is 13.2 Å². The molecule has 1 aromatic rings. The molecule has 0 spiro atoms. The number of hydrogen-bond donors (Lipinski definition) is 0. The molecule has 2 rings (SSSR count). The second-order valence-corrected chi connectivity index (χ2v) is 6.10. The van der Waals surface area contributed by atoms with Gasteiger partial charge < -0.3 is 9.47 Å². The molecule has 7 heteroatoms. The zero-order valence-electron chi connectivity index (χ0n) is 9.01. The van der Waals surface area contributed by atoms with Gasteiger partial charge in [-0.05, 0) is 47.0 Å². The Balaban J connectivity index is 2.01. The Morgan fingerprint density at radius 1 is 1.22 bits per heavy atom. The summed E-state index contributed by atoms with van der Waals surface area (Å²) in [5.41, 5.74) is 0. The van der Waals surface area contributed by atoms with Crippen LogP contribution in [0.4, 0.5) is 13.2 Å². The lowest BCUT2D eigenvalue weighted by atomic mass is 9.96. The van der Waals surface area contributed by atoms with Gasteiger partial charge in [-0.2, -0.15) is 0 Å². The van der Waals surface area contributed by atoms with Crippen LogP contribution < -0.4 is 9.47 Å². The quantitative estimate of drug-likeness (QED) is 0.700. The monoisotopic (exact) mass is 388 g/mol. The molecule has 1 fully saturated rings. The number of halogens is 5. The van der Waals surface area contributed by atoms with Gasteiger partial charge in [0.05, 0.1) is 4.47 Å². The fourth-order valence-corrected chi connectivity index (χ4v) is 2.83. The van der Waals surface area contributed by atoms with Crippen molar-refractivity contribution in [1.29, 1.82) is 0 Å². The minimum Gasteiger partial charge on any atom is -0.490 e. The summed E-state index contributed by atoms with van der Waals surface area (Å²) in [6.45, 7) is 0. The topological polar surface area (TPSA) is 18.5 Å². The molecule has 0 radical (unpaired) electrons. The molecule has 0 aliphatic heterocycles. The number of hydrogen-bond acceptors (Lipinski definition) is 2. The van der Waals surface area contributed by atoms with Crippen LogP contribution in [-0.4, -0.2) is 17.3 Å². The second-order valence-electron chi connectivity index (χ2n) is 3.95. The molecule has 18 heavy (non-hydrogen) atoms. The number of ether oxygens (including phenoxy) is 2. The molecule has 0 bridgehead atoms. The first-order valence-electron chi connectivity index (χ1n) is 5.19. The third-order valence-electron chi connectivity index (χ3n) is 2.47. The molecule has 2 nitrogen and oxygen atoms in total. The van der Waals surface area contributed by atoms with Crippen LogP contribution in [-0.2, 0) is 0 Å². The van der Waals surface area contributed by atoms with Gasteiger partial charge in [-0.3, -0.25) is 0 Å². The molecule has 1 aliphatic rings. The molecule has 0 saturated heterocycles. The highest BCUT2D eigenvalue weighted by molar-refractivity contribution is 9.10. The summed E-state index contributed by atoms with van der Waals surface area (Å²) in [4.78, 5) is 0.471. The van der Waals surface area contributed by atoms with Crippen LogP contribution in [0.25, 0.3) is 0 Å². The first-order chi connectivity index (χ1) is 8.33. The molecule has 0 N–H and O–H groups in total. The van der Waals surface area contributed by atoms with Crippen LogP contribution in [0.15, 0.2) is 22.7 Å². The van der Waals surface area contributed by atoms with Crippen LogP contribution in [0, 0.1) is 0 Å². The molecule has 0 aromatic heterocycles. The van der Waals surface area contributed by atoms with Crippen molar-refractivity contribution in [3.63, 3.8) is 0 Å². The molecule has 0 amide bonds. The van der Waals surface area contributed by atoms with Crippen molar-refractivity contribution in [3.05, 3.63) is 22.7 Å². The molecule has 1 aliphatic carbocycles. The van der Waals surface area contributed by atoms with Gasteiger partial charge in [0.1, 0.15) is 17.6 Å². The first-order valence-corrected chi connectivity index (χ1v) is 6.90. The molecular weight excluding hydrogens is 381 g/mol. The van der Waals surface area contributed by atoms with Gasteiger partial charge in [0, 0.05) is 4.83 Å². The van der Waals surface area contributed by atoms with Gasteiger partial charge in [-0.25, -0.2) is 0 Å². The summed E-state index contributed by atoms with van der Waals surface area (Å²) >= 11 is 6.47. The maximum Gasteiger partial charge on any atom is 0.573 e. The highest BCUT2D eigenvalue weighted by Crippen LogP contribution is 2.36. The lowest BCUT2D eigenvalue weighted by molar-refractivity contribution is -0.274. The summed E-state index contributed by atoms with van der Waals surface area (Å²) < 4.78 is 45.8. The third kappa shape index (κ3) is 3.78. The van der Waals surface area contributed by atoms with E-state index in [-0.39, 0.29) is 16.3 Å². The van der Waals surface area contributed by atoms with E-state index in [1.165, 1.54) is 18.2 Å². The van der Waals surface area contributed by atoms with Gasteiger partial charge in [0.25, 0.3) is 0 Å². The lowest BCUT2D eigenvalue weighted by Crippen LogP contribution is -2.33. The Morgan fingerprint density at radius 3 is 2.39 bits per heavy atom. The van der Waals surface area contributed by atoms with Gasteiger partial charge in [0.15, 0.2) is 0 Å². The van der Waals surface area contributed by atoms with Crippen LogP contribution in [0.2, 0.25) is 0 Å². The van der Waals surface area contributed by atoms with Crippen molar-refractivity contribution >= 4 is 31.9 Å². The zero-order chi connectivity index (χ0) is 13.3. The van der Waals surface area contributed by atoms with E-state index >= 15 is 0 Å². The summed E-state index contributed by atoms with van der Waals surface area (Å²) in [7, 11) is 0. The summed E-state index contributed by atoms with van der Waals surface area (Å²) in [5.74, 6) is 0.252. The summed E-state index contributed by atoms with van der Waals surface area (Å²) in [5, 5.41) is 0. The average Bonchev–Trinajstić information content (AvgIpc) is 2.18. The number of benzene rings is 1. The number of alkyl halides is 4. The van der Waals surface area contributed by atoms with E-state index in [9.17, 15) is 13.2 Å². The van der Waals surface area contributed by atoms with E-state index in [0.29, 0.717) is 10.6 Å². The van der Waals surface area contributed by atoms with E-state index in [0.717, 1.165) is 12.8 Å². The fourth-order valence-electron chi connectivity index (χ4n) is 1.55. The van der Waals surface area contributed by atoms with E-state index < -0.39 is 6.36 Å². The smallest absolute Gasteiger partial charge is 0.490 e. The number of rotatable bonds is 3. The SMILES string of the molecule is FC(F)(F)Oc1ccc(OC2CC(Br)C2)cc1Br.